The maximum atomic E-state index is 12.6. The molecule has 0 saturated carbocycles. The van der Waals surface area contributed by atoms with E-state index in [-0.39, 0.29) is 5.91 Å². The van der Waals surface area contributed by atoms with Gasteiger partial charge in [-0.15, -0.1) is 0 Å². The molecule has 3 aromatic rings. The molecule has 0 aliphatic heterocycles. The Morgan fingerprint density at radius 2 is 1.56 bits per heavy atom. The fourth-order valence-electron chi connectivity index (χ4n) is 2.99. The van der Waals surface area contributed by atoms with E-state index in [1.807, 2.05) is 54.9 Å². The average Bonchev–Trinajstić information content (AvgIpc) is 2.90. The molecule has 0 radical (unpaired) electrons. The van der Waals surface area contributed by atoms with Gasteiger partial charge in [0.05, 0.1) is 17.8 Å². The van der Waals surface area contributed by atoms with Crippen molar-refractivity contribution in [3.05, 3.63) is 88.7 Å². The summed E-state index contributed by atoms with van der Waals surface area (Å²) >= 11 is 0. The number of benzene rings is 2. The van der Waals surface area contributed by atoms with Gasteiger partial charge in [0.25, 0.3) is 5.91 Å². The molecule has 0 fully saturated rings. The third-order valence-corrected chi connectivity index (χ3v) is 4.33. The summed E-state index contributed by atoms with van der Waals surface area (Å²) in [6.07, 6.45) is 0.822. The molecule has 0 bridgehead atoms. The van der Waals surface area contributed by atoms with Crippen molar-refractivity contribution in [1.29, 1.82) is 0 Å². The summed E-state index contributed by atoms with van der Waals surface area (Å²) < 4.78 is 1.90. The van der Waals surface area contributed by atoms with Crippen LogP contribution in [0.25, 0.3) is 0 Å². The molecule has 0 unspecified atom stereocenters. The Labute approximate surface area is 148 Å². The number of nitrogens with one attached hydrogen (secondary N) is 1. The van der Waals surface area contributed by atoms with Crippen LogP contribution in [0, 0.1) is 13.8 Å². The van der Waals surface area contributed by atoms with Gasteiger partial charge in [0.15, 0.2) is 0 Å². The van der Waals surface area contributed by atoms with E-state index in [0.717, 1.165) is 17.8 Å². The smallest absolute Gasteiger partial charge is 0.255 e. The number of rotatable bonds is 6. The summed E-state index contributed by atoms with van der Waals surface area (Å²) in [4.78, 5) is 12.6. The van der Waals surface area contributed by atoms with Gasteiger partial charge >= 0.3 is 0 Å². The summed E-state index contributed by atoms with van der Waals surface area (Å²) in [6, 6.07) is 20.3. The van der Waals surface area contributed by atoms with Gasteiger partial charge in [0, 0.05) is 12.2 Å². The Bertz CT molecular complexity index is 838. The van der Waals surface area contributed by atoms with Gasteiger partial charge in [0.1, 0.15) is 0 Å². The fourth-order valence-corrected chi connectivity index (χ4v) is 2.99. The van der Waals surface area contributed by atoms with Crippen LogP contribution >= 0.6 is 0 Å². The highest BCUT2D eigenvalue weighted by Gasteiger charge is 2.18. The first-order chi connectivity index (χ1) is 12.1. The Balaban J connectivity index is 1.66. The van der Waals surface area contributed by atoms with Crippen LogP contribution in [0.1, 0.15) is 32.9 Å². The normalized spacial score (nSPS) is 10.6. The standard InChI is InChI=1S/C21H23N3O/c1-16-20(21(25)22-14-13-18-9-5-3-6-10-18)17(2)24(23-16)15-19-11-7-4-8-12-19/h3-12H,13-15H2,1-2H3,(H,22,25). The van der Waals surface area contributed by atoms with Crippen LogP contribution in [0.4, 0.5) is 0 Å². The van der Waals surface area contributed by atoms with Crippen LogP contribution < -0.4 is 5.32 Å². The summed E-state index contributed by atoms with van der Waals surface area (Å²) in [7, 11) is 0. The molecule has 3 rings (SSSR count). The maximum Gasteiger partial charge on any atom is 0.255 e. The largest absolute Gasteiger partial charge is 0.352 e. The second kappa shape index (κ2) is 7.79. The van der Waals surface area contributed by atoms with E-state index in [2.05, 4.69) is 34.7 Å². The van der Waals surface area contributed by atoms with Crippen molar-refractivity contribution in [1.82, 2.24) is 15.1 Å². The molecule has 0 aliphatic carbocycles. The molecule has 1 aromatic heterocycles. The number of aryl methyl sites for hydroxylation is 1. The van der Waals surface area contributed by atoms with E-state index in [1.54, 1.807) is 0 Å². The van der Waals surface area contributed by atoms with E-state index in [4.69, 9.17) is 0 Å². The van der Waals surface area contributed by atoms with Crippen molar-refractivity contribution in [2.24, 2.45) is 0 Å². The molecular formula is C21H23N3O. The quantitative estimate of drug-likeness (QED) is 0.750. The minimum atomic E-state index is -0.0507. The molecule has 4 nitrogen and oxygen atoms in total. The van der Waals surface area contributed by atoms with Crippen molar-refractivity contribution >= 4 is 5.91 Å². The zero-order valence-electron chi connectivity index (χ0n) is 14.7. The zero-order chi connectivity index (χ0) is 17.6. The first kappa shape index (κ1) is 17.0. The third-order valence-electron chi connectivity index (χ3n) is 4.33. The van der Waals surface area contributed by atoms with Crippen molar-refractivity contribution in [3.63, 3.8) is 0 Å². The monoisotopic (exact) mass is 333 g/mol. The number of amides is 1. The van der Waals surface area contributed by atoms with E-state index in [9.17, 15) is 4.79 Å². The van der Waals surface area contributed by atoms with Gasteiger partial charge in [-0.25, -0.2) is 0 Å². The molecule has 0 aliphatic rings. The van der Waals surface area contributed by atoms with Gasteiger partial charge in [-0.3, -0.25) is 9.48 Å². The molecule has 1 heterocycles. The Kier molecular flexibility index (Phi) is 5.29. The van der Waals surface area contributed by atoms with E-state index in [1.165, 1.54) is 11.1 Å². The summed E-state index contributed by atoms with van der Waals surface area (Å²) in [5.41, 5.74) is 4.74. The average molecular weight is 333 g/mol. The van der Waals surface area contributed by atoms with Crippen molar-refractivity contribution < 1.29 is 4.79 Å². The Morgan fingerprint density at radius 3 is 2.20 bits per heavy atom. The molecule has 25 heavy (non-hydrogen) atoms. The molecule has 0 saturated heterocycles. The second-order valence-corrected chi connectivity index (χ2v) is 6.18. The van der Waals surface area contributed by atoms with Gasteiger partial charge in [-0.1, -0.05) is 60.7 Å². The van der Waals surface area contributed by atoms with E-state index < -0.39 is 0 Å². The topological polar surface area (TPSA) is 46.9 Å². The van der Waals surface area contributed by atoms with Crippen molar-refractivity contribution in [2.75, 3.05) is 6.54 Å². The fraction of sp³-hybridized carbons (Fsp3) is 0.238. The van der Waals surface area contributed by atoms with Crippen LogP contribution in [0.15, 0.2) is 60.7 Å². The van der Waals surface area contributed by atoms with E-state index in [0.29, 0.717) is 18.7 Å². The predicted molar refractivity (Wildman–Crippen MR) is 99.7 cm³/mol. The molecular weight excluding hydrogens is 310 g/mol. The highest BCUT2D eigenvalue weighted by Crippen LogP contribution is 2.15. The molecule has 0 spiro atoms. The highest BCUT2D eigenvalue weighted by molar-refractivity contribution is 5.96. The van der Waals surface area contributed by atoms with Crippen LogP contribution in [-0.2, 0) is 13.0 Å². The maximum absolute atomic E-state index is 12.6. The molecule has 0 atom stereocenters. The minimum absolute atomic E-state index is 0.0507. The Morgan fingerprint density at radius 1 is 0.960 bits per heavy atom. The van der Waals surface area contributed by atoms with Crippen LogP contribution in [-0.4, -0.2) is 22.2 Å². The SMILES string of the molecule is Cc1nn(Cc2ccccc2)c(C)c1C(=O)NCCc1ccccc1. The van der Waals surface area contributed by atoms with Crippen molar-refractivity contribution in [3.8, 4) is 0 Å². The number of carbonyl (C=O) groups is 1. The van der Waals surface area contributed by atoms with Crippen LogP contribution in [0.2, 0.25) is 0 Å². The number of aromatic nitrogens is 2. The van der Waals surface area contributed by atoms with E-state index >= 15 is 0 Å². The van der Waals surface area contributed by atoms with Crippen LogP contribution in [0.3, 0.4) is 0 Å². The predicted octanol–water partition coefficient (Wildman–Crippen LogP) is 3.52. The lowest BCUT2D eigenvalue weighted by Gasteiger charge is -2.07. The summed E-state index contributed by atoms with van der Waals surface area (Å²) in [5, 5.41) is 7.56. The highest BCUT2D eigenvalue weighted by atomic mass is 16.1. The Hall–Kier alpha value is -2.88. The first-order valence-corrected chi connectivity index (χ1v) is 8.55. The minimum Gasteiger partial charge on any atom is -0.352 e. The number of hydrogen-bond acceptors (Lipinski definition) is 2. The second-order valence-electron chi connectivity index (χ2n) is 6.18. The summed E-state index contributed by atoms with van der Waals surface area (Å²) in [6.45, 7) is 5.13. The molecule has 1 amide bonds. The van der Waals surface area contributed by atoms with Crippen molar-refractivity contribution in [2.45, 2.75) is 26.8 Å². The lowest BCUT2D eigenvalue weighted by Crippen LogP contribution is -2.26. The summed E-state index contributed by atoms with van der Waals surface area (Å²) in [5.74, 6) is -0.0507. The molecule has 1 N–H and O–H groups in total. The lowest BCUT2D eigenvalue weighted by atomic mass is 10.1. The molecule has 4 heteroatoms. The molecule has 2 aromatic carbocycles. The van der Waals surface area contributed by atoms with Gasteiger partial charge < -0.3 is 5.32 Å². The van der Waals surface area contributed by atoms with Crippen LogP contribution in [0.5, 0.6) is 0 Å². The van der Waals surface area contributed by atoms with Gasteiger partial charge in [-0.2, -0.15) is 5.10 Å². The molecule has 128 valence electrons. The number of hydrogen-bond donors (Lipinski definition) is 1. The number of carbonyl (C=O) groups excluding carboxylic acids is 1. The van der Waals surface area contributed by atoms with Gasteiger partial charge in [0.2, 0.25) is 0 Å². The van der Waals surface area contributed by atoms with Gasteiger partial charge in [-0.05, 0) is 31.4 Å². The third kappa shape index (κ3) is 4.15. The zero-order valence-corrected chi connectivity index (χ0v) is 14.7. The first-order valence-electron chi connectivity index (χ1n) is 8.55. The lowest BCUT2D eigenvalue weighted by molar-refractivity contribution is 0.0953. The number of nitrogens with zero attached hydrogens (tertiary/aromatic N) is 2.